The summed E-state index contributed by atoms with van der Waals surface area (Å²) in [6, 6.07) is 0. The Labute approximate surface area is 99.4 Å². The molecule has 92 valence electrons. The van der Waals surface area contributed by atoms with Gasteiger partial charge in [0, 0.05) is 31.2 Å². The van der Waals surface area contributed by atoms with Gasteiger partial charge in [0.1, 0.15) is 0 Å². The quantitative estimate of drug-likeness (QED) is 0.738. The van der Waals surface area contributed by atoms with E-state index in [0.717, 1.165) is 0 Å². The van der Waals surface area contributed by atoms with Crippen molar-refractivity contribution < 1.29 is 5.11 Å². The van der Waals surface area contributed by atoms with Crippen molar-refractivity contribution in [2.45, 2.75) is 39.5 Å². The van der Waals surface area contributed by atoms with Gasteiger partial charge in [0.2, 0.25) is 0 Å². The number of unbranched alkanes of at least 4 members (excludes halogenated alkanes) is 3. The zero-order valence-electron chi connectivity index (χ0n) is 10.4. The molecule has 0 bridgehead atoms. The van der Waals surface area contributed by atoms with Crippen molar-refractivity contribution in [3.63, 3.8) is 0 Å². The van der Waals surface area contributed by atoms with Crippen molar-refractivity contribution in [2.75, 3.05) is 37.7 Å². The maximum Gasteiger partial charge on any atom is 0.0402 e. The van der Waals surface area contributed by atoms with Crippen molar-refractivity contribution in [1.29, 1.82) is 0 Å². The number of hydrogen-bond acceptors (Lipinski definition) is 3. The number of aliphatic hydroxyl groups excluding tert-OH is 1. The molecule has 2 nitrogen and oxygen atoms in total. The summed E-state index contributed by atoms with van der Waals surface area (Å²) in [5.74, 6) is 2.71. The standard InChI is InChI=1S/C10H21NS.C2H6O/c1-2-3-4-5-6-11-7-9-12-10-8-11;1-2-3/h2-10H2,1H3;3H,2H2,1H3. The van der Waals surface area contributed by atoms with E-state index in [9.17, 15) is 0 Å². The van der Waals surface area contributed by atoms with Gasteiger partial charge >= 0.3 is 0 Å². The Morgan fingerprint density at radius 3 is 2.20 bits per heavy atom. The molecule has 1 aliphatic heterocycles. The van der Waals surface area contributed by atoms with E-state index in [1.807, 2.05) is 0 Å². The molecule has 1 fully saturated rings. The molecular weight excluding hydrogens is 206 g/mol. The summed E-state index contributed by atoms with van der Waals surface area (Å²) in [4.78, 5) is 2.62. The van der Waals surface area contributed by atoms with Gasteiger partial charge in [0.05, 0.1) is 0 Å². The van der Waals surface area contributed by atoms with Crippen LogP contribution in [0.15, 0.2) is 0 Å². The van der Waals surface area contributed by atoms with E-state index in [0.29, 0.717) is 0 Å². The number of rotatable bonds is 5. The average molecular weight is 233 g/mol. The van der Waals surface area contributed by atoms with Gasteiger partial charge in [-0.3, -0.25) is 0 Å². The second kappa shape index (κ2) is 12.3. The SMILES string of the molecule is CCCCCCN1CCSCC1.CCO. The van der Waals surface area contributed by atoms with Gasteiger partial charge in [0.15, 0.2) is 0 Å². The lowest BCUT2D eigenvalue weighted by Crippen LogP contribution is -2.33. The lowest BCUT2D eigenvalue weighted by atomic mass is 10.2. The highest BCUT2D eigenvalue weighted by atomic mass is 32.2. The number of nitrogens with zero attached hydrogens (tertiary/aromatic N) is 1. The third-order valence-electron chi connectivity index (χ3n) is 2.43. The van der Waals surface area contributed by atoms with E-state index in [1.165, 1.54) is 56.8 Å². The van der Waals surface area contributed by atoms with Crippen LogP contribution in [0.5, 0.6) is 0 Å². The molecule has 0 radical (unpaired) electrons. The van der Waals surface area contributed by atoms with Crippen LogP contribution in [0.25, 0.3) is 0 Å². The van der Waals surface area contributed by atoms with Crippen molar-refractivity contribution >= 4 is 11.8 Å². The third kappa shape index (κ3) is 10.6. The van der Waals surface area contributed by atoms with Gasteiger partial charge in [-0.05, 0) is 19.9 Å². The Balaban J connectivity index is 0.000000583. The highest BCUT2D eigenvalue weighted by Crippen LogP contribution is 2.10. The molecule has 1 heterocycles. The highest BCUT2D eigenvalue weighted by Gasteiger charge is 2.08. The largest absolute Gasteiger partial charge is 0.397 e. The van der Waals surface area contributed by atoms with E-state index in [2.05, 4.69) is 23.6 Å². The van der Waals surface area contributed by atoms with Crippen LogP contribution in [0.3, 0.4) is 0 Å². The summed E-state index contributed by atoms with van der Waals surface area (Å²) in [6.07, 6.45) is 5.62. The van der Waals surface area contributed by atoms with Crippen LogP contribution >= 0.6 is 11.8 Å². The number of thioether (sulfide) groups is 1. The van der Waals surface area contributed by atoms with E-state index >= 15 is 0 Å². The lowest BCUT2D eigenvalue weighted by molar-refractivity contribution is 0.294. The Bertz CT molecular complexity index is 116. The molecule has 15 heavy (non-hydrogen) atoms. The van der Waals surface area contributed by atoms with E-state index in [-0.39, 0.29) is 6.61 Å². The van der Waals surface area contributed by atoms with Crippen LogP contribution < -0.4 is 0 Å². The fourth-order valence-corrected chi connectivity index (χ4v) is 2.57. The Hall–Kier alpha value is 0.270. The van der Waals surface area contributed by atoms with Crippen LogP contribution in [0.4, 0.5) is 0 Å². The summed E-state index contributed by atoms with van der Waals surface area (Å²) >= 11 is 2.10. The van der Waals surface area contributed by atoms with Gasteiger partial charge < -0.3 is 10.0 Å². The minimum atomic E-state index is 0.250. The van der Waals surface area contributed by atoms with E-state index < -0.39 is 0 Å². The first kappa shape index (κ1) is 15.3. The van der Waals surface area contributed by atoms with Crippen molar-refractivity contribution in [1.82, 2.24) is 4.90 Å². The molecule has 1 saturated heterocycles. The predicted octanol–water partition coefficient (Wildman–Crippen LogP) is 2.61. The van der Waals surface area contributed by atoms with Gasteiger partial charge in [-0.1, -0.05) is 26.2 Å². The molecule has 0 aromatic heterocycles. The maximum atomic E-state index is 7.57. The normalized spacial score (nSPS) is 17.0. The summed E-state index contributed by atoms with van der Waals surface area (Å²) in [7, 11) is 0. The molecule has 1 rings (SSSR count). The molecule has 0 unspecified atom stereocenters. The van der Waals surface area contributed by atoms with E-state index in [4.69, 9.17) is 5.11 Å². The predicted molar refractivity (Wildman–Crippen MR) is 70.7 cm³/mol. The van der Waals surface area contributed by atoms with Gasteiger partial charge in [0.25, 0.3) is 0 Å². The summed E-state index contributed by atoms with van der Waals surface area (Å²) < 4.78 is 0. The van der Waals surface area contributed by atoms with E-state index in [1.54, 1.807) is 6.92 Å². The van der Waals surface area contributed by atoms with Gasteiger partial charge in [-0.15, -0.1) is 0 Å². The highest BCUT2D eigenvalue weighted by molar-refractivity contribution is 7.99. The molecule has 0 aliphatic carbocycles. The number of hydrogen-bond donors (Lipinski definition) is 1. The molecule has 0 aromatic carbocycles. The first-order valence-corrected chi connectivity index (χ1v) is 7.41. The van der Waals surface area contributed by atoms with Gasteiger partial charge in [-0.2, -0.15) is 11.8 Å². The van der Waals surface area contributed by atoms with Crippen LogP contribution in [0.2, 0.25) is 0 Å². The summed E-state index contributed by atoms with van der Waals surface area (Å²) in [5.41, 5.74) is 0. The topological polar surface area (TPSA) is 23.5 Å². The van der Waals surface area contributed by atoms with Crippen LogP contribution in [0.1, 0.15) is 39.5 Å². The minimum Gasteiger partial charge on any atom is -0.397 e. The van der Waals surface area contributed by atoms with Crippen LogP contribution in [0, 0.1) is 0 Å². The molecule has 1 aliphatic rings. The summed E-state index contributed by atoms with van der Waals surface area (Å²) in [6.45, 7) is 8.21. The average Bonchev–Trinajstić information content (AvgIpc) is 2.27. The summed E-state index contributed by atoms with van der Waals surface area (Å²) in [5, 5.41) is 7.57. The molecule has 0 amide bonds. The fraction of sp³-hybridized carbons (Fsp3) is 1.00. The zero-order valence-corrected chi connectivity index (χ0v) is 11.2. The Morgan fingerprint density at radius 2 is 1.67 bits per heavy atom. The first-order valence-electron chi connectivity index (χ1n) is 6.26. The fourth-order valence-electron chi connectivity index (χ4n) is 1.59. The smallest absolute Gasteiger partial charge is 0.0402 e. The zero-order chi connectivity index (χ0) is 11.4. The molecule has 0 atom stereocenters. The van der Waals surface area contributed by atoms with Crippen LogP contribution in [-0.2, 0) is 0 Å². The monoisotopic (exact) mass is 233 g/mol. The van der Waals surface area contributed by atoms with Crippen molar-refractivity contribution in [3.05, 3.63) is 0 Å². The molecule has 0 spiro atoms. The second-order valence-electron chi connectivity index (χ2n) is 3.83. The lowest BCUT2D eigenvalue weighted by Gasteiger charge is -2.25. The maximum absolute atomic E-state index is 7.57. The number of aliphatic hydroxyl groups is 1. The van der Waals surface area contributed by atoms with Gasteiger partial charge in [-0.25, -0.2) is 0 Å². The second-order valence-corrected chi connectivity index (χ2v) is 5.06. The molecule has 0 saturated carbocycles. The third-order valence-corrected chi connectivity index (χ3v) is 3.37. The molecule has 3 heteroatoms. The molecular formula is C12H27NOS. The minimum absolute atomic E-state index is 0.250. The Morgan fingerprint density at radius 1 is 1.07 bits per heavy atom. The molecule has 1 N–H and O–H groups in total. The first-order chi connectivity index (χ1) is 7.35. The Kier molecular flexibility index (Phi) is 12.6. The van der Waals surface area contributed by atoms with Crippen molar-refractivity contribution in [2.24, 2.45) is 0 Å². The molecule has 0 aromatic rings. The van der Waals surface area contributed by atoms with Crippen LogP contribution in [-0.4, -0.2) is 47.8 Å². The van der Waals surface area contributed by atoms with Crippen molar-refractivity contribution in [3.8, 4) is 0 Å².